The fourth-order valence-electron chi connectivity index (χ4n) is 2.18. The van der Waals surface area contributed by atoms with Crippen molar-refractivity contribution in [3.63, 3.8) is 0 Å². The average molecular weight is 285 g/mol. The van der Waals surface area contributed by atoms with E-state index in [0.29, 0.717) is 12.6 Å². The third-order valence-electron chi connectivity index (χ3n) is 3.98. The molecule has 0 N–H and O–H groups in total. The molecule has 0 saturated heterocycles. The summed E-state index contributed by atoms with van der Waals surface area (Å²) in [6.07, 6.45) is 3.11. The second-order valence-corrected chi connectivity index (χ2v) is 5.67. The van der Waals surface area contributed by atoms with Crippen molar-refractivity contribution in [3.05, 3.63) is 0 Å². The monoisotopic (exact) mass is 285 g/mol. The molecule has 2 unspecified atom stereocenters. The summed E-state index contributed by atoms with van der Waals surface area (Å²) in [5.41, 5.74) is 0. The number of rotatable bonds is 10. The van der Waals surface area contributed by atoms with Crippen molar-refractivity contribution in [3.8, 4) is 0 Å². The van der Waals surface area contributed by atoms with Crippen molar-refractivity contribution < 1.29 is 9.59 Å². The molecular weight excluding hydrogens is 254 g/mol. The van der Waals surface area contributed by atoms with Crippen molar-refractivity contribution in [2.75, 3.05) is 40.8 Å². The Balaban J connectivity index is 4.42. The number of carbonyl (C=O) groups is 2. The smallest absolute Gasteiger partial charge is 0.219 e. The van der Waals surface area contributed by atoms with Crippen LogP contribution in [-0.4, -0.2) is 79.8 Å². The number of hydrogen-bond donors (Lipinski definition) is 0. The van der Waals surface area contributed by atoms with Crippen molar-refractivity contribution in [1.29, 1.82) is 0 Å². The molecule has 0 rings (SSSR count). The van der Waals surface area contributed by atoms with E-state index >= 15 is 0 Å². The van der Waals surface area contributed by atoms with Gasteiger partial charge in [-0.15, -0.1) is 0 Å². The molecule has 0 fully saturated rings. The Hall–Kier alpha value is -0.940. The number of likely N-dealkylation sites (N-methyl/N-ethyl adjacent to an activating group) is 1. The minimum Gasteiger partial charge on any atom is -0.345 e. The van der Waals surface area contributed by atoms with Crippen molar-refractivity contribution >= 4 is 12.2 Å². The molecule has 5 heteroatoms. The van der Waals surface area contributed by atoms with Gasteiger partial charge in [-0.1, -0.05) is 6.92 Å². The summed E-state index contributed by atoms with van der Waals surface area (Å²) in [5.74, 6) is 0.0587. The molecule has 0 spiro atoms. The third-order valence-corrected chi connectivity index (χ3v) is 3.98. The maximum atomic E-state index is 11.2. The number of hydrogen-bond acceptors (Lipinski definition) is 4. The summed E-state index contributed by atoms with van der Waals surface area (Å²) in [5, 5.41) is 0. The Morgan fingerprint density at radius 2 is 1.75 bits per heavy atom. The van der Waals surface area contributed by atoms with Crippen LogP contribution in [0.2, 0.25) is 0 Å². The first-order chi connectivity index (χ1) is 9.33. The normalized spacial score (nSPS) is 14.4. The van der Waals surface area contributed by atoms with E-state index in [4.69, 9.17) is 0 Å². The molecule has 0 aromatic heterocycles. The van der Waals surface area contributed by atoms with Crippen LogP contribution in [0.25, 0.3) is 0 Å². The summed E-state index contributed by atoms with van der Waals surface area (Å²) >= 11 is 0. The summed E-state index contributed by atoms with van der Waals surface area (Å²) in [6, 6.07) is 0.428. The second-order valence-electron chi connectivity index (χ2n) is 5.67. The third kappa shape index (κ3) is 7.01. The zero-order valence-corrected chi connectivity index (χ0v) is 13.9. The van der Waals surface area contributed by atoms with Crippen LogP contribution in [0.15, 0.2) is 0 Å². The van der Waals surface area contributed by atoms with Gasteiger partial charge in [0.15, 0.2) is 0 Å². The Bertz CT molecular complexity index is 295. The van der Waals surface area contributed by atoms with Crippen molar-refractivity contribution in [2.45, 2.75) is 45.7 Å². The van der Waals surface area contributed by atoms with Gasteiger partial charge in [-0.3, -0.25) is 9.69 Å². The Kier molecular flexibility index (Phi) is 9.42. The van der Waals surface area contributed by atoms with Gasteiger partial charge in [-0.05, 0) is 33.9 Å². The SMILES string of the molecule is CCC(CCN(CCN(C)C(C)=O)C(C)C=O)N(C)C. The molecule has 0 bridgehead atoms. The van der Waals surface area contributed by atoms with Gasteiger partial charge in [0.05, 0.1) is 6.04 Å². The highest BCUT2D eigenvalue weighted by Gasteiger charge is 2.17. The molecule has 0 aromatic carbocycles. The zero-order chi connectivity index (χ0) is 15.7. The van der Waals surface area contributed by atoms with Crippen LogP contribution in [0.5, 0.6) is 0 Å². The minimum absolute atomic E-state index is 0.0587. The van der Waals surface area contributed by atoms with E-state index in [2.05, 4.69) is 30.8 Å². The van der Waals surface area contributed by atoms with E-state index in [9.17, 15) is 9.59 Å². The first-order valence-electron chi connectivity index (χ1n) is 7.40. The Labute approximate surface area is 123 Å². The molecule has 0 aliphatic heterocycles. The van der Waals surface area contributed by atoms with Crippen LogP contribution in [0.1, 0.15) is 33.6 Å². The lowest BCUT2D eigenvalue weighted by molar-refractivity contribution is -0.127. The fraction of sp³-hybridized carbons (Fsp3) is 0.867. The Morgan fingerprint density at radius 3 is 2.15 bits per heavy atom. The topological polar surface area (TPSA) is 43.9 Å². The van der Waals surface area contributed by atoms with Gasteiger partial charge < -0.3 is 14.6 Å². The highest BCUT2D eigenvalue weighted by Crippen LogP contribution is 2.08. The van der Waals surface area contributed by atoms with Crippen molar-refractivity contribution in [1.82, 2.24) is 14.7 Å². The predicted octanol–water partition coefficient (Wildman–Crippen LogP) is 1.08. The van der Waals surface area contributed by atoms with Gasteiger partial charge in [0, 0.05) is 39.6 Å². The van der Waals surface area contributed by atoms with Gasteiger partial charge >= 0.3 is 0 Å². The van der Waals surface area contributed by atoms with Gasteiger partial charge in [0.25, 0.3) is 0 Å². The minimum atomic E-state index is -0.102. The molecule has 20 heavy (non-hydrogen) atoms. The first-order valence-corrected chi connectivity index (χ1v) is 7.40. The first kappa shape index (κ1) is 19.1. The summed E-state index contributed by atoms with van der Waals surface area (Å²) in [7, 11) is 5.97. The fourth-order valence-corrected chi connectivity index (χ4v) is 2.18. The number of nitrogens with zero attached hydrogens (tertiary/aromatic N) is 3. The van der Waals surface area contributed by atoms with E-state index in [1.807, 2.05) is 6.92 Å². The maximum absolute atomic E-state index is 11.2. The van der Waals surface area contributed by atoms with Gasteiger partial charge in [-0.25, -0.2) is 0 Å². The van der Waals surface area contributed by atoms with Crippen LogP contribution >= 0.6 is 0 Å². The van der Waals surface area contributed by atoms with Gasteiger partial charge in [-0.2, -0.15) is 0 Å². The van der Waals surface area contributed by atoms with Crippen LogP contribution in [0, 0.1) is 0 Å². The summed E-state index contributed by atoms with van der Waals surface area (Å²) < 4.78 is 0. The van der Waals surface area contributed by atoms with Crippen molar-refractivity contribution in [2.24, 2.45) is 0 Å². The Morgan fingerprint density at radius 1 is 1.15 bits per heavy atom. The van der Waals surface area contributed by atoms with Crippen LogP contribution < -0.4 is 0 Å². The lowest BCUT2D eigenvalue weighted by atomic mass is 10.1. The molecule has 2 atom stereocenters. The molecule has 5 nitrogen and oxygen atoms in total. The molecule has 1 amide bonds. The molecule has 0 saturated carbocycles. The van der Waals surface area contributed by atoms with Crippen LogP contribution in [0.3, 0.4) is 0 Å². The highest BCUT2D eigenvalue weighted by atomic mass is 16.2. The van der Waals surface area contributed by atoms with Crippen LogP contribution in [-0.2, 0) is 9.59 Å². The van der Waals surface area contributed by atoms with E-state index in [1.165, 1.54) is 0 Å². The van der Waals surface area contributed by atoms with Gasteiger partial charge in [0.2, 0.25) is 5.91 Å². The largest absolute Gasteiger partial charge is 0.345 e. The summed E-state index contributed by atoms with van der Waals surface area (Å²) in [4.78, 5) is 28.3. The van der Waals surface area contributed by atoms with Crippen LogP contribution in [0.4, 0.5) is 0 Å². The standard InChI is InChI=1S/C15H31N3O2/c1-7-15(16(4)5)8-9-18(13(2)12-19)11-10-17(6)14(3)20/h12-13,15H,7-11H2,1-6H3. The number of amides is 1. The second kappa shape index (κ2) is 9.88. The molecule has 0 aliphatic rings. The molecule has 0 aromatic rings. The van der Waals surface area contributed by atoms with E-state index in [0.717, 1.165) is 32.2 Å². The van der Waals surface area contributed by atoms with Gasteiger partial charge in [0.1, 0.15) is 6.29 Å². The molecule has 0 radical (unpaired) electrons. The highest BCUT2D eigenvalue weighted by molar-refractivity contribution is 5.72. The lowest BCUT2D eigenvalue weighted by Crippen LogP contribution is -2.43. The zero-order valence-electron chi connectivity index (χ0n) is 13.9. The molecular formula is C15H31N3O2. The van der Waals surface area contributed by atoms with E-state index in [-0.39, 0.29) is 11.9 Å². The molecule has 0 aliphatic carbocycles. The quantitative estimate of drug-likeness (QED) is 0.564. The average Bonchev–Trinajstić information content (AvgIpc) is 2.40. The number of aldehydes is 1. The summed E-state index contributed by atoms with van der Waals surface area (Å²) in [6.45, 7) is 7.93. The number of carbonyl (C=O) groups excluding carboxylic acids is 2. The maximum Gasteiger partial charge on any atom is 0.219 e. The molecule has 0 heterocycles. The molecule has 118 valence electrons. The predicted molar refractivity (Wildman–Crippen MR) is 82.8 cm³/mol. The lowest BCUT2D eigenvalue weighted by Gasteiger charge is -2.31. The van der Waals surface area contributed by atoms with E-state index in [1.54, 1.807) is 18.9 Å². The van der Waals surface area contributed by atoms with E-state index < -0.39 is 0 Å².